The highest BCUT2D eigenvalue weighted by molar-refractivity contribution is 7.14. The maximum Gasteiger partial charge on any atom is 0.305 e. The number of unbranched alkanes of at least 4 members (excludes halogenated alkanes) is 1. The van der Waals surface area contributed by atoms with E-state index >= 15 is 0 Å². The summed E-state index contributed by atoms with van der Waals surface area (Å²) in [6.45, 7) is -0.0388. The van der Waals surface area contributed by atoms with Crippen LogP contribution in [0.5, 0.6) is 0 Å². The summed E-state index contributed by atoms with van der Waals surface area (Å²) in [4.78, 5) is 85.7. The molecule has 0 unspecified atom stereocenters. The number of hydrogen-bond donors (Lipinski definition) is 8. The molecule has 46 heavy (non-hydrogen) atoms. The lowest BCUT2D eigenvalue weighted by Gasteiger charge is -2.31. The van der Waals surface area contributed by atoms with Crippen molar-refractivity contribution in [3.05, 3.63) is 11.1 Å². The fourth-order valence-electron chi connectivity index (χ4n) is 4.11. The lowest BCUT2D eigenvalue weighted by molar-refractivity contribution is -0.142. The van der Waals surface area contributed by atoms with E-state index in [-0.39, 0.29) is 51.8 Å². The van der Waals surface area contributed by atoms with Crippen LogP contribution in [0.1, 0.15) is 59.1 Å². The van der Waals surface area contributed by atoms with Gasteiger partial charge in [-0.1, -0.05) is 14.9 Å². The van der Waals surface area contributed by atoms with Gasteiger partial charge in [-0.3, -0.25) is 43.2 Å². The average Bonchev–Trinajstić information content (AvgIpc) is 3.45. The molecule has 1 aromatic heterocycles. The predicted octanol–water partition coefficient (Wildman–Crippen LogP) is -1.21. The molecule has 20 heteroatoms. The average molecular weight is 687 g/mol. The number of amides is 5. The Kier molecular flexibility index (Phi) is 20.7. The van der Waals surface area contributed by atoms with E-state index in [4.69, 9.17) is 26.6 Å². The van der Waals surface area contributed by atoms with Gasteiger partial charge in [-0.2, -0.15) is 0 Å². The number of aromatic nitrogens is 1. The van der Waals surface area contributed by atoms with E-state index in [1.54, 1.807) is 0 Å². The minimum atomic E-state index is -1.48. The number of nitrogens with one attached hydrogen (secondary N) is 4. The molecule has 2 bridgehead atoms. The van der Waals surface area contributed by atoms with E-state index in [2.05, 4.69) is 34.1 Å². The number of rotatable bonds is 10. The summed E-state index contributed by atoms with van der Waals surface area (Å²) < 4.78 is 26.0. The van der Waals surface area contributed by atoms with Crippen LogP contribution in [0.15, 0.2) is 10.4 Å². The van der Waals surface area contributed by atoms with E-state index in [9.17, 15) is 33.9 Å². The molecule has 1 aliphatic heterocycles. The Labute approximate surface area is 273 Å². The second-order valence-corrected chi connectivity index (χ2v) is 10.4. The molecule has 1 aliphatic rings. The van der Waals surface area contributed by atoms with Crippen LogP contribution in [0.3, 0.4) is 0 Å². The monoisotopic (exact) mass is 686 g/mol. The Morgan fingerprint density at radius 1 is 1.07 bits per heavy atom. The van der Waals surface area contributed by atoms with Gasteiger partial charge in [-0.05, 0) is 38.6 Å². The number of hydrogen-bond acceptors (Lipinski definition) is 10. The number of nitrogens with zero attached hydrogens (tertiary/aromatic N) is 3. The molecule has 17 nitrogen and oxygen atoms in total. The van der Waals surface area contributed by atoms with E-state index in [1.165, 1.54) is 17.3 Å². The molecule has 2 rings (SSSR count). The summed E-state index contributed by atoms with van der Waals surface area (Å²) >= 11 is 1.000. The lowest BCUT2D eigenvalue weighted by atomic mass is 10.0. The fourth-order valence-corrected chi connectivity index (χ4v) is 4.82. The highest BCUT2D eigenvalue weighted by atomic mass is 32.1. The zero-order chi connectivity index (χ0) is 35.2. The summed E-state index contributed by atoms with van der Waals surface area (Å²) in [5, 5.41) is 20.7. The second-order valence-electron chi connectivity index (χ2n) is 9.56. The van der Waals surface area contributed by atoms with Crippen molar-refractivity contribution in [1.29, 1.82) is 2.90 Å². The number of aliphatic carboxylic acids is 1. The molecular weight excluding hydrogens is 634 g/mol. The Hall–Kier alpha value is -4.46. The summed E-state index contributed by atoms with van der Waals surface area (Å²) in [5.74, 6) is -4.88. The number of fused-ring (bicyclic) bond motifs is 2. The smallest absolute Gasteiger partial charge is 0.305 e. The van der Waals surface area contributed by atoms with Crippen LogP contribution in [-0.4, -0.2) is 104 Å². The first-order valence-corrected chi connectivity index (χ1v) is 14.1. The summed E-state index contributed by atoms with van der Waals surface area (Å²) in [5.41, 5.74) is 16.6. The zero-order valence-corrected chi connectivity index (χ0v) is 24.8. The number of nitrogens with two attached hydrogens (primary N) is 3. The Bertz CT molecular complexity index is 1200. The van der Waals surface area contributed by atoms with Crippen LogP contribution in [-0.2, 0) is 35.2 Å². The number of carbonyl (C=O) groups is 6. The first kappa shape index (κ1) is 41.5. The predicted molar refractivity (Wildman–Crippen MR) is 171 cm³/mol. The highest BCUT2D eigenvalue weighted by Gasteiger charge is 2.32. The molecule has 0 saturated carbocycles. The van der Waals surface area contributed by atoms with Crippen molar-refractivity contribution in [2.45, 2.75) is 77.9 Å². The quantitative estimate of drug-likeness (QED) is 0.0821. The van der Waals surface area contributed by atoms with Gasteiger partial charge in [-0.25, -0.2) is 4.98 Å². The van der Waals surface area contributed by atoms with Gasteiger partial charge in [0.25, 0.3) is 2.90 Å². The summed E-state index contributed by atoms with van der Waals surface area (Å²) in [7, 11) is 1.41. The molecule has 0 aromatic carbocycles. The minimum absolute atomic E-state index is 0. The van der Waals surface area contributed by atoms with Gasteiger partial charge in [0.1, 0.15) is 18.1 Å². The number of carboxylic acid groups (broad SMARTS) is 1. The molecule has 3 atom stereocenters. The van der Waals surface area contributed by atoms with Crippen molar-refractivity contribution in [2.75, 3.05) is 32.0 Å². The van der Waals surface area contributed by atoms with Gasteiger partial charge in [0, 0.05) is 19.0 Å². The van der Waals surface area contributed by atoms with Crippen molar-refractivity contribution in [3.63, 3.8) is 0 Å². The SMILES string of the molecule is C.C.CN1C(=O)[C@@H](CCCCN)NC(=O)Cc2csc(n2)NC(=O)[C@H](CC(=O)O)NC(=O)CNC(=O)[C@@H]1CCCN=C(N)N.[3H]F.[3H]F. The number of halogens is 2. The molecule has 0 saturated heterocycles. The van der Waals surface area contributed by atoms with Gasteiger partial charge in [0.15, 0.2) is 11.1 Å². The largest absolute Gasteiger partial charge is 0.481 e. The Balaban J connectivity index is -0.00000324. The van der Waals surface area contributed by atoms with Crippen molar-refractivity contribution >= 4 is 57.9 Å². The van der Waals surface area contributed by atoms with Gasteiger partial charge >= 0.3 is 5.97 Å². The standard InChI is InChI=1S/C24H38N10O7S.2CH4.2FH/c1-34-16(6-4-8-28-23(26)27)21(40)29-11-18(36)32-15(10-19(37)38)20(39)33-24-30-13(12-42-24)9-17(35)31-14(22(34)41)5-2-3-7-25;;;;/h12,14-16H,2-11,25H2,1H3,(H,29,40)(H,31,35)(H,32,36)(H,37,38)(H4,26,27,28)(H,30,33,39);2*1H4;2*1H/t14-,15+,16+;;;;/m1..../s1/i/hT2. The maximum absolute atomic E-state index is 13.6. The Morgan fingerprint density at radius 3 is 2.33 bits per heavy atom. The zero-order valence-electron chi connectivity index (χ0n) is 26.0. The van der Waals surface area contributed by atoms with Crippen LogP contribution in [0, 0.1) is 0 Å². The van der Waals surface area contributed by atoms with Crippen LogP contribution >= 0.6 is 11.3 Å². The van der Waals surface area contributed by atoms with Crippen molar-refractivity contribution in [2.24, 2.45) is 22.2 Å². The molecule has 0 aliphatic carbocycles. The van der Waals surface area contributed by atoms with E-state index < -0.39 is 66.6 Å². The number of likely N-dealkylation sites (N-methyl/N-ethyl adjacent to an activating group) is 1. The summed E-state index contributed by atoms with van der Waals surface area (Å²) in [6, 6.07) is -3.53. The maximum atomic E-state index is 13.6. The van der Waals surface area contributed by atoms with Crippen LogP contribution in [0.2, 0.25) is 0 Å². The molecule has 1 aromatic rings. The van der Waals surface area contributed by atoms with Crippen molar-refractivity contribution in [1.82, 2.24) is 25.8 Å². The third-order valence-corrected chi connectivity index (χ3v) is 7.01. The number of thiazole rings is 1. The molecule has 2 heterocycles. The van der Waals surface area contributed by atoms with Gasteiger partial charge in [-0.15, -0.1) is 11.3 Å². The molecule has 264 valence electrons. The van der Waals surface area contributed by atoms with Crippen molar-refractivity contribution < 1.29 is 43.3 Å². The molecule has 0 radical (unpaired) electrons. The third-order valence-electron chi connectivity index (χ3n) is 6.21. The first-order valence-electron chi connectivity index (χ1n) is 14.0. The van der Waals surface area contributed by atoms with Crippen LogP contribution in [0.25, 0.3) is 0 Å². The lowest BCUT2D eigenvalue weighted by Crippen LogP contribution is -2.55. The van der Waals surface area contributed by atoms with E-state index in [0.29, 0.717) is 31.5 Å². The third kappa shape index (κ3) is 15.5. The van der Waals surface area contributed by atoms with Gasteiger partial charge < -0.3 is 48.5 Å². The number of carbonyl (C=O) groups excluding carboxylic acids is 5. The molecular formula is C26H48F2N10O7S. The molecule has 0 fully saturated rings. The topological polar surface area (TPSA) is 277 Å². The summed E-state index contributed by atoms with van der Waals surface area (Å²) in [6.07, 6.45) is 0.876. The number of aliphatic imine (C=N–C) groups is 1. The molecule has 11 N–H and O–H groups in total. The molecule has 5 amide bonds. The number of guanidine groups is 1. The van der Waals surface area contributed by atoms with Crippen LogP contribution < -0.4 is 38.5 Å². The second kappa shape index (κ2) is 23.0. The Morgan fingerprint density at radius 2 is 1.72 bits per heavy atom. The van der Waals surface area contributed by atoms with Crippen LogP contribution in [0.4, 0.5) is 14.6 Å². The number of carboxylic acids is 1. The van der Waals surface area contributed by atoms with Crippen molar-refractivity contribution in [3.8, 4) is 0 Å². The van der Waals surface area contributed by atoms with E-state index in [0.717, 1.165) is 11.3 Å². The van der Waals surface area contributed by atoms with E-state index in [1.807, 2.05) is 0 Å². The normalized spacial score (nSPS) is 19.3. The fraction of sp³-hybridized carbons (Fsp3) is 0.615. The van der Waals surface area contributed by atoms with Gasteiger partial charge in [0.2, 0.25) is 29.5 Å². The number of anilines is 1. The minimum Gasteiger partial charge on any atom is -0.481 e. The first-order chi connectivity index (χ1) is 21.9. The van der Waals surface area contributed by atoms with Gasteiger partial charge in [0.05, 0.1) is 25.1 Å². The highest BCUT2D eigenvalue weighted by Crippen LogP contribution is 2.17. The molecule has 0 spiro atoms.